The number of esters is 1. The van der Waals surface area contributed by atoms with E-state index >= 15 is 0 Å². The van der Waals surface area contributed by atoms with Crippen LogP contribution in [-0.2, 0) is 23.1 Å². The minimum atomic E-state index is -0.534. The van der Waals surface area contributed by atoms with E-state index in [1.165, 1.54) is 0 Å². The number of ether oxygens (including phenoxy) is 1. The molecular formula is C13H16N4O3. The summed E-state index contributed by atoms with van der Waals surface area (Å²) in [6.45, 7) is 2.39. The number of aryl methyl sites for hydroxylation is 1. The lowest BCUT2D eigenvalue weighted by Gasteiger charge is -2.02. The van der Waals surface area contributed by atoms with E-state index in [1.807, 2.05) is 0 Å². The average Bonchev–Trinajstić information content (AvgIpc) is 3.00. The zero-order valence-electron chi connectivity index (χ0n) is 11.4. The van der Waals surface area contributed by atoms with Crippen LogP contribution in [0.1, 0.15) is 29.4 Å². The summed E-state index contributed by atoms with van der Waals surface area (Å²) < 4.78 is 8.02. The van der Waals surface area contributed by atoms with Crippen molar-refractivity contribution < 1.29 is 14.3 Å². The quantitative estimate of drug-likeness (QED) is 0.443. The molecule has 2 aromatic heterocycles. The molecule has 7 heteroatoms. The van der Waals surface area contributed by atoms with Gasteiger partial charge in [-0.25, -0.2) is 0 Å². The van der Waals surface area contributed by atoms with Crippen molar-refractivity contribution in [1.29, 1.82) is 0 Å². The monoisotopic (exact) mass is 276 g/mol. The lowest BCUT2D eigenvalue weighted by atomic mass is 10.1. The van der Waals surface area contributed by atoms with Crippen molar-refractivity contribution in [1.82, 2.24) is 19.6 Å². The fraction of sp³-hybridized carbons (Fsp3) is 0.385. The van der Waals surface area contributed by atoms with Gasteiger partial charge in [0.15, 0.2) is 5.78 Å². The van der Waals surface area contributed by atoms with Gasteiger partial charge >= 0.3 is 5.97 Å². The predicted octanol–water partition coefficient (Wildman–Crippen LogP) is 0.801. The first kappa shape index (κ1) is 14.0. The number of hydrogen-bond donors (Lipinski definition) is 0. The third-order valence-corrected chi connectivity index (χ3v) is 2.67. The van der Waals surface area contributed by atoms with Crippen LogP contribution in [-0.4, -0.2) is 37.9 Å². The van der Waals surface area contributed by atoms with E-state index in [2.05, 4.69) is 10.2 Å². The maximum Gasteiger partial charge on any atom is 0.313 e. The molecule has 2 heterocycles. The second-order valence-electron chi connectivity index (χ2n) is 4.29. The molecule has 20 heavy (non-hydrogen) atoms. The molecule has 0 saturated carbocycles. The van der Waals surface area contributed by atoms with E-state index in [9.17, 15) is 9.59 Å². The Hall–Kier alpha value is -2.44. The number of rotatable bonds is 6. The number of ketones is 1. The lowest BCUT2D eigenvalue weighted by Crippen LogP contribution is -2.14. The maximum absolute atomic E-state index is 12.1. The first-order valence-corrected chi connectivity index (χ1v) is 6.29. The molecule has 0 aliphatic carbocycles. The molecule has 0 saturated heterocycles. The molecule has 0 N–H and O–H groups in total. The smallest absolute Gasteiger partial charge is 0.313 e. The van der Waals surface area contributed by atoms with Crippen LogP contribution in [0.2, 0.25) is 0 Å². The molecule has 7 nitrogen and oxygen atoms in total. The van der Waals surface area contributed by atoms with Crippen molar-refractivity contribution >= 4 is 11.8 Å². The molecule has 0 radical (unpaired) electrons. The Bertz CT molecular complexity index is 601. The standard InChI is InChI=1S/C13H16N4O3/c1-3-20-12(19)7-11(18)13-10(8-16(2)15-13)9-17-6-4-5-14-17/h4-6,8H,3,7,9H2,1-2H3. The molecule has 0 aromatic carbocycles. The molecule has 2 aromatic rings. The first-order chi connectivity index (χ1) is 9.60. The van der Waals surface area contributed by atoms with Gasteiger partial charge in [-0.3, -0.25) is 19.0 Å². The lowest BCUT2D eigenvalue weighted by molar-refractivity contribution is -0.141. The Morgan fingerprint density at radius 3 is 2.85 bits per heavy atom. The van der Waals surface area contributed by atoms with Gasteiger partial charge in [0.25, 0.3) is 0 Å². The van der Waals surface area contributed by atoms with Crippen LogP contribution in [0.4, 0.5) is 0 Å². The molecule has 0 bridgehead atoms. The topological polar surface area (TPSA) is 79.0 Å². The average molecular weight is 276 g/mol. The summed E-state index contributed by atoms with van der Waals surface area (Å²) in [5, 5.41) is 8.21. The number of carbonyl (C=O) groups is 2. The maximum atomic E-state index is 12.1. The van der Waals surface area contributed by atoms with Crippen LogP contribution < -0.4 is 0 Å². The summed E-state index contributed by atoms with van der Waals surface area (Å²) >= 11 is 0. The van der Waals surface area contributed by atoms with Gasteiger partial charge in [0.1, 0.15) is 12.1 Å². The molecule has 0 aliphatic heterocycles. The molecule has 0 spiro atoms. The fourth-order valence-corrected chi connectivity index (χ4v) is 1.88. The van der Waals surface area contributed by atoms with Crippen LogP contribution >= 0.6 is 0 Å². The predicted molar refractivity (Wildman–Crippen MR) is 70.1 cm³/mol. The van der Waals surface area contributed by atoms with Gasteiger partial charge in [-0.1, -0.05) is 0 Å². The largest absolute Gasteiger partial charge is 0.466 e. The molecule has 0 amide bonds. The third kappa shape index (κ3) is 3.31. The summed E-state index contributed by atoms with van der Waals surface area (Å²) in [6, 6.07) is 1.80. The van der Waals surface area contributed by atoms with E-state index in [0.29, 0.717) is 6.54 Å². The molecule has 2 rings (SSSR count). The van der Waals surface area contributed by atoms with E-state index in [-0.39, 0.29) is 24.5 Å². The van der Waals surface area contributed by atoms with Gasteiger partial charge in [-0.15, -0.1) is 0 Å². The highest BCUT2D eigenvalue weighted by atomic mass is 16.5. The van der Waals surface area contributed by atoms with Crippen LogP contribution in [0.15, 0.2) is 24.7 Å². The minimum absolute atomic E-state index is 0.258. The van der Waals surface area contributed by atoms with E-state index in [1.54, 1.807) is 48.0 Å². The van der Waals surface area contributed by atoms with E-state index < -0.39 is 5.97 Å². The second kappa shape index (κ2) is 6.14. The number of aromatic nitrogens is 4. The zero-order chi connectivity index (χ0) is 14.5. The van der Waals surface area contributed by atoms with Crippen molar-refractivity contribution in [2.45, 2.75) is 19.9 Å². The van der Waals surface area contributed by atoms with Crippen LogP contribution in [0.5, 0.6) is 0 Å². The van der Waals surface area contributed by atoms with Crippen molar-refractivity contribution in [3.8, 4) is 0 Å². The number of carbonyl (C=O) groups excluding carboxylic acids is 2. The van der Waals surface area contributed by atoms with E-state index in [4.69, 9.17) is 4.74 Å². The van der Waals surface area contributed by atoms with Gasteiger partial charge < -0.3 is 4.74 Å². The Morgan fingerprint density at radius 2 is 2.20 bits per heavy atom. The Morgan fingerprint density at radius 1 is 1.40 bits per heavy atom. The Balaban J connectivity index is 2.14. The van der Waals surface area contributed by atoms with Gasteiger partial charge in [-0.2, -0.15) is 10.2 Å². The van der Waals surface area contributed by atoms with Gasteiger partial charge in [-0.05, 0) is 13.0 Å². The first-order valence-electron chi connectivity index (χ1n) is 6.29. The molecular weight excluding hydrogens is 260 g/mol. The van der Waals surface area contributed by atoms with Crippen molar-refractivity contribution in [3.63, 3.8) is 0 Å². The minimum Gasteiger partial charge on any atom is -0.466 e. The third-order valence-electron chi connectivity index (χ3n) is 2.67. The van der Waals surface area contributed by atoms with Crippen molar-refractivity contribution in [3.05, 3.63) is 35.9 Å². The van der Waals surface area contributed by atoms with Crippen LogP contribution in [0.25, 0.3) is 0 Å². The summed E-state index contributed by atoms with van der Waals surface area (Å²) in [5.41, 5.74) is 1.02. The van der Waals surface area contributed by atoms with Gasteiger partial charge in [0, 0.05) is 31.2 Å². The molecule has 0 aliphatic rings. The number of nitrogens with zero attached hydrogens (tertiary/aromatic N) is 4. The van der Waals surface area contributed by atoms with E-state index in [0.717, 1.165) is 5.56 Å². The highest BCUT2D eigenvalue weighted by Crippen LogP contribution is 2.11. The summed E-state index contributed by atoms with van der Waals surface area (Å²) in [5.74, 6) is -0.876. The van der Waals surface area contributed by atoms with Crippen LogP contribution in [0.3, 0.4) is 0 Å². The molecule has 106 valence electrons. The Labute approximate surface area is 116 Å². The van der Waals surface area contributed by atoms with Crippen molar-refractivity contribution in [2.75, 3.05) is 6.61 Å². The highest BCUT2D eigenvalue weighted by Gasteiger charge is 2.20. The number of Topliss-reactive ketones (excluding diaryl/α,β-unsaturated/α-hetero) is 1. The SMILES string of the molecule is CCOC(=O)CC(=O)c1nn(C)cc1Cn1cccn1. The van der Waals surface area contributed by atoms with Crippen LogP contribution in [0, 0.1) is 0 Å². The summed E-state index contributed by atoms with van der Waals surface area (Å²) in [7, 11) is 1.73. The van der Waals surface area contributed by atoms with Crippen molar-refractivity contribution in [2.24, 2.45) is 7.05 Å². The summed E-state index contributed by atoms with van der Waals surface area (Å²) in [6.07, 6.45) is 4.92. The highest BCUT2D eigenvalue weighted by molar-refractivity contribution is 6.05. The molecule has 0 unspecified atom stereocenters. The molecule has 0 fully saturated rings. The Kier molecular flexibility index (Phi) is 4.29. The normalized spacial score (nSPS) is 10.5. The second-order valence-corrected chi connectivity index (χ2v) is 4.29. The zero-order valence-corrected chi connectivity index (χ0v) is 11.4. The summed E-state index contributed by atoms with van der Waals surface area (Å²) in [4.78, 5) is 23.5. The van der Waals surface area contributed by atoms with Gasteiger partial charge in [0.2, 0.25) is 0 Å². The molecule has 0 atom stereocenters. The number of hydrogen-bond acceptors (Lipinski definition) is 5. The fourth-order valence-electron chi connectivity index (χ4n) is 1.88. The van der Waals surface area contributed by atoms with Gasteiger partial charge in [0.05, 0.1) is 13.2 Å².